The molecule has 3 aliphatic heterocycles. The van der Waals surface area contributed by atoms with Gasteiger partial charge in [-0.25, -0.2) is 19.6 Å². The molecule has 3 saturated heterocycles. The summed E-state index contributed by atoms with van der Waals surface area (Å²) in [5.41, 5.74) is 10.2. The number of para-hydroxylation sites is 1. The van der Waals surface area contributed by atoms with Gasteiger partial charge in [-0.3, -0.25) is 19.7 Å². The first-order valence-corrected chi connectivity index (χ1v) is 18.7. The number of pyridine rings is 1. The molecule has 0 spiro atoms. The number of aromatic nitrogens is 5. The van der Waals surface area contributed by atoms with Crippen molar-refractivity contribution in [3.8, 4) is 22.8 Å². The van der Waals surface area contributed by atoms with Crippen LogP contribution in [0.25, 0.3) is 22.3 Å². The second-order valence-electron chi connectivity index (χ2n) is 15.0. The minimum absolute atomic E-state index is 0.205. The van der Waals surface area contributed by atoms with Crippen molar-refractivity contribution < 1.29 is 19.1 Å². The van der Waals surface area contributed by atoms with Crippen LogP contribution in [0.2, 0.25) is 0 Å². The van der Waals surface area contributed by atoms with Gasteiger partial charge in [0.15, 0.2) is 5.65 Å². The first kappa shape index (κ1) is 33.9. The summed E-state index contributed by atoms with van der Waals surface area (Å²) in [4.78, 5) is 54.5. The van der Waals surface area contributed by atoms with Gasteiger partial charge in [0, 0.05) is 44.7 Å². The lowest BCUT2D eigenvalue weighted by molar-refractivity contribution is -0.134. The Morgan fingerprint density at radius 1 is 0.907 bits per heavy atom. The number of hydrogen-bond donors (Lipinski definition) is 3. The minimum atomic E-state index is -0.727. The van der Waals surface area contributed by atoms with Crippen LogP contribution in [0.4, 0.5) is 11.5 Å². The van der Waals surface area contributed by atoms with Gasteiger partial charge in [0.25, 0.3) is 5.91 Å². The molecule has 4 aliphatic rings. The van der Waals surface area contributed by atoms with Crippen LogP contribution in [0, 0.1) is 17.8 Å². The van der Waals surface area contributed by atoms with Gasteiger partial charge in [0.05, 0.1) is 23.3 Å². The molecule has 4 atom stereocenters. The molecule has 4 N–H and O–H groups in total. The van der Waals surface area contributed by atoms with Crippen LogP contribution in [0.3, 0.4) is 0 Å². The quantitative estimate of drug-likeness (QED) is 0.186. The van der Waals surface area contributed by atoms with Crippen molar-refractivity contribution in [1.29, 1.82) is 0 Å². The number of fused-ring (bicyclic) bond motifs is 2. The Labute approximate surface area is 312 Å². The van der Waals surface area contributed by atoms with E-state index < -0.39 is 17.9 Å². The first-order chi connectivity index (χ1) is 26.3. The van der Waals surface area contributed by atoms with Gasteiger partial charge in [0.2, 0.25) is 11.8 Å². The minimum Gasteiger partial charge on any atom is -0.457 e. The number of nitrogens with zero attached hydrogens (tertiary/aromatic N) is 7. The van der Waals surface area contributed by atoms with Gasteiger partial charge in [-0.15, -0.1) is 0 Å². The van der Waals surface area contributed by atoms with E-state index in [1.807, 2.05) is 60.7 Å². The SMILES string of the molecule is Nc1ncnc2c1c(-c1ccc(Oc3ccccc3)cc1)nn2C1CC2CN(CC3CCN(c4ccc(C(=O)NC5CCC(=O)NC5=O)nc4)C3)CC2C1. The van der Waals surface area contributed by atoms with E-state index in [2.05, 4.69) is 40.1 Å². The van der Waals surface area contributed by atoms with Gasteiger partial charge >= 0.3 is 0 Å². The van der Waals surface area contributed by atoms with Crippen molar-refractivity contribution in [2.75, 3.05) is 43.4 Å². The summed E-state index contributed by atoms with van der Waals surface area (Å²) in [6.07, 6.45) is 6.98. The molecule has 9 rings (SSSR count). The predicted molar refractivity (Wildman–Crippen MR) is 202 cm³/mol. The third-order valence-corrected chi connectivity index (χ3v) is 11.5. The lowest BCUT2D eigenvalue weighted by Gasteiger charge is -2.24. The number of hydrogen-bond acceptors (Lipinski definition) is 11. The molecular formula is C40H42N10O4. The number of piperidine rings is 1. The van der Waals surface area contributed by atoms with Crippen LogP contribution >= 0.6 is 0 Å². The maximum Gasteiger partial charge on any atom is 0.270 e. The second kappa shape index (κ2) is 14.2. The zero-order valence-electron chi connectivity index (χ0n) is 29.8. The van der Waals surface area contributed by atoms with Crippen molar-refractivity contribution in [2.24, 2.45) is 17.8 Å². The Balaban J connectivity index is 0.800. The molecule has 14 heteroatoms. The number of imide groups is 1. The molecule has 14 nitrogen and oxygen atoms in total. The van der Waals surface area contributed by atoms with Crippen molar-refractivity contribution >= 4 is 40.3 Å². The van der Waals surface area contributed by atoms with Crippen molar-refractivity contribution in [3.05, 3.63) is 84.9 Å². The molecule has 0 bridgehead atoms. The summed E-state index contributed by atoms with van der Waals surface area (Å²) in [5.74, 6) is 2.51. The summed E-state index contributed by atoms with van der Waals surface area (Å²) in [7, 11) is 0. The van der Waals surface area contributed by atoms with Gasteiger partial charge in [-0.2, -0.15) is 5.10 Å². The standard InChI is InChI=1S/C40H42N10O4/c41-37-35-36(25-6-9-31(10-7-25)54-30-4-2-1-3-5-30)47-50(38(35)44-23-43-37)29-16-26-21-48(22-27(26)17-29)19-24-14-15-49(20-24)28-8-11-32(42-18-28)39(52)45-33-12-13-34(51)46-40(33)53/h1-11,18,23-24,26-27,29,33H,12-17,19-22H2,(H,45,52)(H2,41,43,44)(H,46,51,53). The zero-order chi connectivity index (χ0) is 36.8. The Kier molecular flexibility index (Phi) is 8.89. The summed E-state index contributed by atoms with van der Waals surface area (Å²) in [6.45, 7) is 5.13. The molecule has 276 valence electrons. The first-order valence-electron chi connectivity index (χ1n) is 18.7. The molecule has 3 amide bonds. The van der Waals surface area contributed by atoms with Crippen LogP contribution in [-0.2, 0) is 9.59 Å². The number of amides is 3. The fourth-order valence-electron chi connectivity index (χ4n) is 8.82. The van der Waals surface area contributed by atoms with E-state index in [9.17, 15) is 14.4 Å². The van der Waals surface area contributed by atoms with E-state index in [0.29, 0.717) is 30.0 Å². The number of nitrogens with one attached hydrogen (secondary N) is 2. The molecule has 6 heterocycles. The van der Waals surface area contributed by atoms with Crippen LogP contribution < -0.4 is 26.0 Å². The number of carbonyl (C=O) groups excluding carboxylic acids is 3. The molecule has 5 aromatic rings. The van der Waals surface area contributed by atoms with E-state index in [1.165, 1.54) is 6.33 Å². The highest BCUT2D eigenvalue weighted by atomic mass is 16.5. The fraction of sp³-hybridized carbons (Fsp3) is 0.375. The lowest BCUT2D eigenvalue weighted by Crippen LogP contribution is -2.52. The highest BCUT2D eigenvalue weighted by molar-refractivity contribution is 6.03. The van der Waals surface area contributed by atoms with Crippen LogP contribution in [0.5, 0.6) is 11.5 Å². The third kappa shape index (κ3) is 6.73. The second-order valence-corrected chi connectivity index (χ2v) is 15.0. The Morgan fingerprint density at radius 2 is 1.69 bits per heavy atom. The molecule has 1 saturated carbocycles. The highest BCUT2D eigenvalue weighted by Gasteiger charge is 2.43. The molecule has 0 radical (unpaired) electrons. The monoisotopic (exact) mass is 726 g/mol. The van der Waals surface area contributed by atoms with Crippen molar-refractivity contribution in [2.45, 2.75) is 44.2 Å². The predicted octanol–water partition coefficient (Wildman–Crippen LogP) is 4.21. The maximum atomic E-state index is 12.7. The number of benzene rings is 2. The fourth-order valence-corrected chi connectivity index (χ4v) is 8.82. The topological polar surface area (TPSA) is 173 Å². The lowest BCUT2D eigenvalue weighted by atomic mass is 10.0. The van der Waals surface area contributed by atoms with Gasteiger partial charge in [0.1, 0.15) is 41.1 Å². The average Bonchev–Trinajstić information content (AvgIpc) is 3.97. The van der Waals surface area contributed by atoms with E-state index in [-0.39, 0.29) is 24.1 Å². The van der Waals surface area contributed by atoms with Crippen LogP contribution in [-0.4, -0.2) is 86.1 Å². The molecule has 4 fully saturated rings. The maximum absolute atomic E-state index is 12.7. The summed E-state index contributed by atoms with van der Waals surface area (Å²) < 4.78 is 8.11. The Morgan fingerprint density at radius 3 is 2.43 bits per heavy atom. The molecule has 54 heavy (non-hydrogen) atoms. The Hall–Kier alpha value is -5.89. The van der Waals surface area contributed by atoms with Gasteiger partial charge in [-0.05, 0) is 92.0 Å². The number of ether oxygens (including phenoxy) is 1. The van der Waals surface area contributed by atoms with Crippen molar-refractivity contribution in [1.82, 2.24) is 40.3 Å². The van der Waals surface area contributed by atoms with Crippen LogP contribution in [0.15, 0.2) is 79.3 Å². The van der Waals surface area contributed by atoms with Crippen LogP contribution in [0.1, 0.15) is 48.6 Å². The van der Waals surface area contributed by atoms with Gasteiger partial charge < -0.3 is 25.6 Å². The molecule has 2 aromatic carbocycles. The summed E-state index contributed by atoms with van der Waals surface area (Å²) in [6, 6.07) is 20.8. The molecule has 3 aromatic heterocycles. The molecule has 4 unspecified atom stereocenters. The Bertz CT molecular complexity index is 2180. The van der Waals surface area contributed by atoms with Gasteiger partial charge in [-0.1, -0.05) is 18.2 Å². The number of nitrogens with two attached hydrogens (primary N) is 1. The number of carbonyl (C=O) groups is 3. The van der Waals surface area contributed by atoms with E-state index in [0.717, 1.165) is 91.5 Å². The largest absolute Gasteiger partial charge is 0.457 e. The normalized spacial score (nSPS) is 24.1. The number of nitrogen functional groups attached to an aromatic ring is 1. The molecule has 1 aliphatic carbocycles. The number of rotatable bonds is 9. The highest BCUT2D eigenvalue weighted by Crippen LogP contribution is 2.46. The average molecular weight is 727 g/mol. The van der Waals surface area contributed by atoms with E-state index in [4.69, 9.17) is 15.6 Å². The number of likely N-dealkylation sites (tertiary alicyclic amines) is 1. The summed E-state index contributed by atoms with van der Waals surface area (Å²) >= 11 is 0. The van der Waals surface area contributed by atoms with E-state index >= 15 is 0 Å². The zero-order valence-corrected chi connectivity index (χ0v) is 29.8. The third-order valence-electron chi connectivity index (χ3n) is 11.5. The number of anilines is 2. The van der Waals surface area contributed by atoms with E-state index in [1.54, 1.807) is 12.3 Å². The summed E-state index contributed by atoms with van der Waals surface area (Å²) in [5, 5.41) is 10.9. The smallest absolute Gasteiger partial charge is 0.270 e. The molecular weight excluding hydrogens is 685 g/mol. The van der Waals surface area contributed by atoms with Crippen molar-refractivity contribution in [3.63, 3.8) is 0 Å².